The van der Waals surface area contributed by atoms with Gasteiger partial charge in [0.05, 0.1) is 28.0 Å². The van der Waals surface area contributed by atoms with Crippen LogP contribution in [0.1, 0.15) is 6.92 Å². The van der Waals surface area contributed by atoms with Gasteiger partial charge in [-0.15, -0.1) is 0 Å². The van der Waals surface area contributed by atoms with Crippen LogP contribution >= 0.6 is 23.2 Å². The third kappa shape index (κ3) is 5.24. The Labute approximate surface area is 185 Å². The molecule has 3 amide bonds. The number of amides is 3. The van der Waals surface area contributed by atoms with Crippen molar-refractivity contribution < 1.29 is 14.4 Å². The number of nitrogens with zero attached hydrogens (tertiary/aromatic N) is 3. The van der Waals surface area contributed by atoms with E-state index in [9.17, 15) is 14.4 Å². The monoisotopic (exact) mass is 453 g/mol. The van der Waals surface area contributed by atoms with Crippen LogP contribution in [0.5, 0.6) is 0 Å². The molecule has 0 spiro atoms. The second-order valence-corrected chi connectivity index (χ2v) is 8.18. The lowest BCUT2D eigenvalue weighted by Crippen LogP contribution is -2.64. The van der Waals surface area contributed by atoms with Crippen LogP contribution in [0, 0.1) is 0 Å². The van der Waals surface area contributed by atoms with E-state index in [-0.39, 0.29) is 24.3 Å². The summed E-state index contributed by atoms with van der Waals surface area (Å²) >= 11 is 12.1. The summed E-state index contributed by atoms with van der Waals surface area (Å²) < 4.78 is 0. The third-order valence-electron chi connectivity index (χ3n) is 5.33. The summed E-state index contributed by atoms with van der Waals surface area (Å²) in [4.78, 5) is 41.5. The summed E-state index contributed by atoms with van der Waals surface area (Å²) in [6.45, 7) is 9.22. The Bertz CT molecular complexity index is 849. The first-order chi connectivity index (χ1) is 14.3. The number of anilines is 2. The lowest BCUT2D eigenvalue weighted by atomic mass is 10.1. The molecule has 2 saturated heterocycles. The molecule has 0 atom stereocenters. The van der Waals surface area contributed by atoms with E-state index in [2.05, 4.69) is 22.1 Å². The van der Waals surface area contributed by atoms with E-state index in [1.807, 2.05) is 4.90 Å². The summed E-state index contributed by atoms with van der Waals surface area (Å²) in [7, 11) is 0. The Morgan fingerprint density at radius 3 is 2.23 bits per heavy atom. The predicted octanol–water partition coefficient (Wildman–Crippen LogP) is 1.90. The number of likely N-dealkylation sites (tertiary alicyclic amines) is 1. The molecule has 2 aliphatic rings. The molecule has 2 aliphatic heterocycles. The molecule has 0 radical (unpaired) electrons. The average Bonchev–Trinajstić information content (AvgIpc) is 2.68. The first kappa shape index (κ1) is 22.4. The van der Waals surface area contributed by atoms with Crippen LogP contribution < -0.4 is 10.6 Å². The second kappa shape index (κ2) is 9.68. The van der Waals surface area contributed by atoms with Crippen LogP contribution in [-0.4, -0.2) is 84.3 Å². The van der Waals surface area contributed by atoms with Crippen molar-refractivity contribution in [1.29, 1.82) is 0 Å². The molecule has 3 rings (SSSR count). The van der Waals surface area contributed by atoms with Gasteiger partial charge in [-0.05, 0) is 18.2 Å². The van der Waals surface area contributed by atoms with Gasteiger partial charge >= 0.3 is 0 Å². The van der Waals surface area contributed by atoms with Crippen molar-refractivity contribution in [3.63, 3.8) is 0 Å². The van der Waals surface area contributed by atoms with Gasteiger partial charge < -0.3 is 20.4 Å². The third-order valence-corrected chi connectivity index (χ3v) is 6.06. The first-order valence-corrected chi connectivity index (χ1v) is 10.5. The Morgan fingerprint density at radius 2 is 1.67 bits per heavy atom. The average molecular weight is 454 g/mol. The normalized spacial score (nSPS) is 17.3. The van der Waals surface area contributed by atoms with E-state index < -0.39 is 0 Å². The molecule has 10 heteroatoms. The van der Waals surface area contributed by atoms with Crippen LogP contribution in [0.15, 0.2) is 24.8 Å². The number of piperazine rings is 1. The SMILES string of the molecule is C=CC(=O)N1CC(N2CCN(C(=O)CNc3cc(Cl)c(Cl)cc3NC(C)=O)CC2)C1. The standard InChI is InChI=1S/C20H25Cl2N5O3/c1-3-19(29)27-11-14(12-27)25-4-6-26(7-5-25)20(30)10-23-17-8-15(21)16(22)9-18(17)24-13(2)28/h3,8-9,14,23H,1,4-7,10-12H2,2H3,(H,24,28). The molecule has 0 bridgehead atoms. The van der Waals surface area contributed by atoms with Crippen molar-refractivity contribution in [2.24, 2.45) is 0 Å². The Balaban J connectivity index is 1.49. The number of hydrogen-bond acceptors (Lipinski definition) is 5. The van der Waals surface area contributed by atoms with Crippen molar-refractivity contribution in [3.8, 4) is 0 Å². The predicted molar refractivity (Wildman–Crippen MR) is 118 cm³/mol. The molecule has 30 heavy (non-hydrogen) atoms. The molecule has 162 valence electrons. The maximum Gasteiger partial charge on any atom is 0.246 e. The van der Waals surface area contributed by atoms with Gasteiger partial charge in [0.15, 0.2) is 0 Å². The largest absolute Gasteiger partial charge is 0.374 e. The number of carbonyl (C=O) groups is 3. The zero-order valence-corrected chi connectivity index (χ0v) is 18.3. The quantitative estimate of drug-likeness (QED) is 0.642. The van der Waals surface area contributed by atoms with E-state index in [0.717, 1.165) is 13.1 Å². The summed E-state index contributed by atoms with van der Waals surface area (Å²) in [5.41, 5.74) is 1.01. The smallest absolute Gasteiger partial charge is 0.246 e. The van der Waals surface area contributed by atoms with Crippen molar-refractivity contribution in [1.82, 2.24) is 14.7 Å². The lowest BCUT2D eigenvalue weighted by molar-refractivity contribution is -0.135. The minimum Gasteiger partial charge on any atom is -0.374 e. The molecule has 0 aliphatic carbocycles. The van der Waals surface area contributed by atoms with E-state index in [1.165, 1.54) is 13.0 Å². The van der Waals surface area contributed by atoms with E-state index in [0.29, 0.717) is 53.6 Å². The summed E-state index contributed by atoms with van der Waals surface area (Å²) in [6, 6.07) is 3.49. The molecule has 2 fully saturated rings. The molecule has 0 saturated carbocycles. The van der Waals surface area contributed by atoms with Gasteiger partial charge in [-0.1, -0.05) is 29.8 Å². The summed E-state index contributed by atoms with van der Waals surface area (Å²) in [6.07, 6.45) is 1.34. The highest BCUT2D eigenvalue weighted by Gasteiger charge is 2.35. The maximum atomic E-state index is 12.6. The summed E-state index contributed by atoms with van der Waals surface area (Å²) in [5.74, 6) is -0.318. The number of benzene rings is 1. The van der Waals surface area contributed by atoms with E-state index in [4.69, 9.17) is 23.2 Å². The minimum atomic E-state index is -0.247. The molecule has 2 N–H and O–H groups in total. The van der Waals surface area contributed by atoms with Gasteiger partial charge in [-0.3, -0.25) is 19.3 Å². The van der Waals surface area contributed by atoms with E-state index >= 15 is 0 Å². The number of nitrogens with one attached hydrogen (secondary N) is 2. The Hall–Kier alpha value is -2.29. The van der Waals surface area contributed by atoms with Gasteiger partial charge in [0, 0.05) is 52.2 Å². The molecule has 0 aromatic heterocycles. The molecule has 2 heterocycles. The zero-order valence-electron chi connectivity index (χ0n) is 16.8. The topological polar surface area (TPSA) is 85.0 Å². The number of carbonyl (C=O) groups excluding carboxylic acids is 3. The van der Waals surface area contributed by atoms with Crippen LogP contribution in [-0.2, 0) is 14.4 Å². The maximum absolute atomic E-state index is 12.6. The molecular weight excluding hydrogens is 429 g/mol. The zero-order chi connectivity index (χ0) is 21.8. The van der Waals surface area contributed by atoms with Crippen LogP contribution in [0.25, 0.3) is 0 Å². The lowest BCUT2D eigenvalue weighted by Gasteiger charge is -2.47. The second-order valence-electron chi connectivity index (χ2n) is 7.36. The van der Waals surface area contributed by atoms with Crippen molar-refractivity contribution in [2.45, 2.75) is 13.0 Å². The minimum absolute atomic E-state index is 0.0351. The van der Waals surface area contributed by atoms with Gasteiger partial charge in [0.1, 0.15) is 0 Å². The molecule has 1 aromatic rings. The highest BCUT2D eigenvalue weighted by molar-refractivity contribution is 6.42. The van der Waals surface area contributed by atoms with E-state index in [1.54, 1.807) is 17.0 Å². The molecule has 8 nitrogen and oxygen atoms in total. The van der Waals surface area contributed by atoms with Gasteiger partial charge in [0.25, 0.3) is 0 Å². The number of rotatable bonds is 6. The van der Waals surface area contributed by atoms with Crippen LogP contribution in [0.2, 0.25) is 10.0 Å². The van der Waals surface area contributed by atoms with Crippen molar-refractivity contribution >= 4 is 52.3 Å². The first-order valence-electron chi connectivity index (χ1n) is 9.72. The summed E-state index contributed by atoms with van der Waals surface area (Å²) in [5, 5.41) is 6.38. The molecular formula is C20H25Cl2N5O3. The molecule has 0 unspecified atom stereocenters. The van der Waals surface area contributed by atoms with Crippen molar-refractivity contribution in [2.75, 3.05) is 56.4 Å². The highest BCUT2D eigenvalue weighted by atomic mass is 35.5. The van der Waals surface area contributed by atoms with Gasteiger partial charge in [-0.25, -0.2) is 0 Å². The van der Waals surface area contributed by atoms with Gasteiger partial charge in [-0.2, -0.15) is 0 Å². The van der Waals surface area contributed by atoms with Crippen LogP contribution in [0.3, 0.4) is 0 Å². The highest BCUT2D eigenvalue weighted by Crippen LogP contribution is 2.32. The number of halogens is 2. The fraction of sp³-hybridized carbons (Fsp3) is 0.450. The fourth-order valence-corrected chi connectivity index (χ4v) is 3.93. The Morgan fingerprint density at radius 1 is 1.07 bits per heavy atom. The Kier molecular flexibility index (Phi) is 7.23. The van der Waals surface area contributed by atoms with Crippen LogP contribution in [0.4, 0.5) is 11.4 Å². The number of hydrogen-bond donors (Lipinski definition) is 2. The fourth-order valence-electron chi connectivity index (χ4n) is 3.60. The van der Waals surface area contributed by atoms with Crippen molar-refractivity contribution in [3.05, 3.63) is 34.8 Å². The molecule has 1 aromatic carbocycles. The van der Waals surface area contributed by atoms with Gasteiger partial charge in [0.2, 0.25) is 17.7 Å².